The minimum atomic E-state index is -0.494. The van der Waals surface area contributed by atoms with Gasteiger partial charge in [-0.05, 0) is 23.1 Å². The number of amides is 1. The third-order valence-electron chi connectivity index (χ3n) is 4.60. The lowest BCUT2D eigenvalue weighted by Crippen LogP contribution is -2.13. The Labute approximate surface area is 177 Å². The van der Waals surface area contributed by atoms with Crippen LogP contribution in [0.15, 0.2) is 77.7 Å². The van der Waals surface area contributed by atoms with E-state index in [1.165, 1.54) is 11.3 Å². The van der Waals surface area contributed by atoms with E-state index in [1.54, 1.807) is 13.2 Å². The quantitative estimate of drug-likeness (QED) is 0.347. The number of methoxy groups -OCH3 is 1. The van der Waals surface area contributed by atoms with Crippen LogP contribution in [0.3, 0.4) is 0 Å². The predicted molar refractivity (Wildman–Crippen MR) is 120 cm³/mol. The Morgan fingerprint density at radius 1 is 1.07 bits per heavy atom. The van der Waals surface area contributed by atoms with Crippen LogP contribution in [-0.2, 0) is 4.79 Å². The Morgan fingerprint density at radius 2 is 1.80 bits per heavy atom. The number of nitrogens with one attached hydrogen (secondary N) is 1. The van der Waals surface area contributed by atoms with Gasteiger partial charge in [-0.1, -0.05) is 60.7 Å². The van der Waals surface area contributed by atoms with Crippen LogP contribution in [0, 0.1) is 11.3 Å². The van der Waals surface area contributed by atoms with Gasteiger partial charge < -0.3 is 4.74 Å². The van der Waals surface area contributed by atoms with Gasteiger partial charge in [0.2, 0.25) is 0 Å². The molecule has 146 valence electrons. The summed E-state index contributed by atoms with van der Waals surface area (Å²) in [6.07, 6.45) is 1.59. The molecule has 0 saturated carbocycles. The van der Waals surface area contributed by atoms with E-state index in [1.807, 2.05) is 78.2 Å². The van der Waals surface area contributed by atoms with Crippen molar-refractivity contribution in [2.75, 3.05) is 12.4 Å². The summed E-state index contributed by atoms with van der Waals surface area (Å²) in [6.45, 7) is 0. The minimum absolute atomic E-state index is 0.00165. The van der Waals surface area contributed by atoms with Crippen molar-refractivity contribution in [1.29, 1.82) is 5.26 Å². The van der Waals surface area contributed by atoms with Crippen LogP contribution in [0.25, 0.3) is 28.1 Å². The molecule has 1 amide bonds. The molecule has 30 heavy (non-hydrogen) atoms. The molecule has 0 fully saturated rings. The number of fused-ring (bicyclic) bond motifs is 1. The standard InChI is InChI=1S/C24H17N3O2S/c1-29-22-12-11-17(19-9-5-6-10-20(19)22)13-18(14-25)23(28)27-24-26-21(15-30-24)16-7-3-2-4-8-16/h2-13,15H,1H3,(H,26,27,28)/b18-13+. The predicted octanol–water partition coefficient (Wildman–Crippen LogP) is 5.52. The first kappa shape index (κ1) is 19.4. The topological polar surface area (TPSA) is 75.0 Å². The molecule has 6 heteroatoms. The lowest BCUT2D eigenvalue weighted by atomic mass is 10.0. The van der Waals surface area contributed by atoms with Crippen molar-refractivity contribution in [2.24, 2.45) is 0 Å². The Morgan fingerprint density at radius 3 is 2.53 bits per heavy atom. The van der Waals surface area contributed by atoms with Crippen molar-refractivity contribution < 1.29 is 9.53 Å². The van der Waals surface area contributed by atoms with E-state index in [0.29, 0.717) is 5.13 Å². The lowest BCUT2D eigenvalue weighted by Gasteiger charge is -2.08. The summed E-state index contributed by atoms with van der Waals surface area (Å²) in [5.41, 5.74) is 2.51. The Hall–Kier alpha value is -3.95. The maximum absolute atomic E-state index is 12.7. The van der Waals surface area contributed by atoms with Crippen LogP contribution < -0.4 is 10.1 Å². The number of hydrogen-bond donors (Lipinski definition) is 1. The van der Waals surface area contributed by atoms with E-state index in [9.17, 15) is 10.1 Å². The average molecular weight is 411 g/mol. The van der Waals surface area contributed by atoms with E-state index >= 15 is 0 Å². The number of carbonyl (C=O) groups is 1. The third kappa shape index (κ3) is 3.93. The van der Waals surface area contributed by atoms with Gasteiger partial charge in [-0.3, -0.25) is 10.1 Å². The van der Waals surface area contributed by atoms with Crippen LogP contribution >= 0.6 is 11.3 Å². The zero-order chi connectivity index (χ0) is 20.9. The smallest absolute Gasteiger partial charge is 0.268 e. The number of nitrogens with zero attached hydrogens (tertiary/aromatic N) is 2. The van der Waals surface area contributed by atoms with Crippen molar-refractivity contribution in [1.82, 2.24) is 4.98 Å². The number of anilines is 1. The van der Waals surface area contributed by atoms with Gasteiger partial charge in [0.25, 0.3) is 5.91 Å². The molecule has 0 radical (unpaired) electrons. The second kappa shape index (κ2) is 8.60. The Bertz CT molecular complexity index is 1290. The fraction of sp³-hybridized carbons (Fsp3) is 0.0417. The fourth-order valence-electron chi connectivity index (χ4n) is 3.14. The summed E-state index contributed by atoms with van der Waals surface area (Å²) in [7, 11) is 1.61. The van der Waals surface area contributed by atoms with Crippen molar-refractivity contribution in [2.45, 2.75) is 0 Å². The maximum Gasteiger partial charge on any atom is 0.268 e. The SMILES string of the molecule is COc1ccc(/C=C(\C#N)C(=O)Nc2nc(-c3ccccc3)cs2)c2ccccc12. The molecule has 0 bridgehead atoms. The second-order valence-corrected chi connectivity index (χ2v) is 7.29. The first-order chi connectivity index (χ1) is 14.7. The summed E-state index contributed by atoms with van der Waals surface area (Å²) in [4.78, 5) is 17.1. The molecule has 0 unspecified atom stereocenters. The van der Waals surface area contributed by atoms with Crippen molar-refractivity contribution in [3.63, 3.8) is 0 Å². The summed E-state index contributed by atoms with van der Waals surface area (Å²) < 4.78 is 5.41. The highest BCUT2D eigenvalue weighted by Gasteiger charge is 2.14. The third-order valence-corrected chi connectivity index (χ3v) is 5.35. The second-order valence-electron chi connectivity index (χ2n) is 6.43. The van der Waals surface area contributed by atoms with Gasteiger partial charge in [-0.2, -0.15) is 5.26 Å². The zero-order valence-electron chi connectivity index (χ0n) is 16.1. The molecule has 4 aromatic rings. The summed E-state index contributed by atoms with van der Waals surface area (Å²) in [5.74, 6) is 0.244. The van der Waals surface area contributed by atoms with E-state index < -0.39 is 5.91 Å². The molecule has 0 spiro atoms. The lowest BCUT2D eigenvalue weighted by molar-refractivity contribution is -0.112. The summed E-state index contributed by atoms with van der Waals surface area (Å²) in [6, 6.07) is 23.1. The first-order valence-corrected chi connectivity index (χ1v) is 10.1. The van der Waals surface area contributed by atoms with Gasteiger partial charge in [-0.25, -0.2) is 4.98 Å². The molecule has 0 aliphatic heterocycles. The molecule has 1 heterocycles. The number of rotatable bonds is 5. The fourth-order valence-corrected chi connectivity index (χ4v) is 3.85. The molecular formula is C24H17N3O2S. The monoisotopic (exact) mass is 411 g/mol. The van der Waals surface area contributed by atoms with E-state index in [2.05, 4.69) is 10.3 Å². The summed E-state index contributed by atoms with van der Waals surface area (Å²) >= 11 is 1.32. The highest BCUT2D eigenvalue weighted by molar-refractivity contribution is 7.14. The Kier molecular flexibility index (Phi) is 5.55. The van der Waals surface area contributed by atoms with Crippen molar-refractivity contribution in [3.8, 4) is 23.1 Å². The number of carbonyl (C=O) groups excluding carboxylic acids is 1. The number of nitriles is 1. The van der Waals surface area contributed by atoms with Gasteiger partial charge in [0.15, 0.2) is 5.13 Å². The molecule has 0 aliphatic carbocycles. The molecule has 0 atom stereocenters. The van der Waals surface area contributed by atoms with Crippen molar-refractivity contribution in [3.05, 3.63) is 83.2 Å². The van der Waals surface area contributed by atoms with Crippen molar-refractivity contribution >= 4 is 39.2 Å². The van der Waals surface area contributed by atoms with Crippen LogP contribution in [-0.4, -0.2) is 18.0 Å². The highest BCUT2D eigenvalue weighted by Crippen LogP contribution is 2.30. The maximum atomic E-state index is 12.7. The first-order valence-electron chi connectivity index (χ1n) is 9.19. The van der Waals surface area contributed by atoms with Gasteiger partial charge in [0, 0.05) is 16.3 Å². The zero-order valence-corrected chi connectivity index (χ0v) is 16.9. The van der Waals surface area contributed by atoms with Gasteiger partial charge >= 0.3 is 0 Å². The number of hydrogen-bond acceptors (Lipinski definition) is 5. The molecule has 0 aliphatic rings. The number of aromatic nitrogens is 1. The van der Waals surface area contributed by atoms with Gasteiger partial charge in [0.05, 0.1) is 12.8 Å². The van der Waals surface area contributed by atoms with Gasteiger partial charge in [0.1, 0.15) is 17.4 Å². The van der Waals surface area contributed by atoms with E-state index in [4.69, 9.17) is 4.74 Å². The number of benzene rings is 3. The van der Waals surface area contributed by atoms with Crippen LogP contribution in [0.4, 0.5) is 5.13 Å². The van der Waals surface area contributed by atoms with E-state index in [-0.39, 0.29) is 5.57 Å². The average Bonchev–Trinajstić information content (AvgIpc) is 3.26. The molecule has 1 aromatic heterocycles. The highest BCUT2D eigenvalue weighted by atomic mass is 32.1. The van der Waals surface area contributed by atoms with E-state index in [0.717, 1.165) is 33.3 Å². The minimum Gasteiger partial charge on any atom is -0.496 e. The van der Waals surface area contributed by atoms with Crippen LogP contribution in [0.1, 0.15) is 5.56 Å². The molecular weight excluding hydrogens is 394 g/mol. The normalized spacial score (nSPS) is 11.1. The molecule has 4 rings (SSSR count). The van der Waals surface area contributed by atoms with Gasteiger partial charge in [-0.15, -0.1) is 11.3 Å². The van der Waals surface area contributed by atoms with Crippen LogP contribution in [0.2, 0.25) is 0 Å². The molecule has 3 aromatic carbocycles. The molecule has 1 N–H and O–H groups in total. The van der Waals surface area contributed by atoms with Crippen LogP contribution in [0.5, 0.6) is 5.75 Å². The molecule has 5 nitrogen and oxygen atoms in total. The number of thiazole rings is 1. The molecule has 0 saturated heterocycles. The largest absolute Gasteiger partial charge is 0.496 e. The number of ether oxygens (including phenoxy) is 1. The Balaban J connectivity index is 1.61. The summed E-state index contributed by atoms with van der Waals surface area (Å²) in [5, 5.41) is 16.4.